The molecule has 0 unspecified atom stereocenters. The predicted molar refractivity (Wildman–Crippen MR) is 102 cm³/mol. The molecule has 2 rings (SSSR count). The van der Waals surface area contributed by atoms with E-state index < -0.39 is 0 Å². The van der Waals surface area contributed by atoms with Crippen molar-refractivity contribution >= 4 is 28.7 Å². The van der Waals surface area contributed by atoms with E-state index in [0.717, 1.165) is 22.1 Å². The van der Waals surface area contributed by atoms with Gasteiger partial charge in [0.1, 0.15) is 0 Å². The number of rotatable bonds is 6. The van der Waals surface area contributed by atoms with Gasteiger partial charge in [0.15, 0.2) is 3.95 Å². The molecule has 0 bridgehead atoms. The lowest BCUT2D eigenvalue weighted by molar-refractivity contribution is 0.245. The van der Waals surface area contributed by atoms with E-state index in [9.17, 15) is 0 Å². The molecule has 1 aromatic carbocycles. The minimum Gasteiger partial charge on any atom is -0.356 e. The monoisotopic (exact) mass is 350 g/mol. The molecule has 0 saturated carbocycles. The summed E-state index contributed by atoms with van der Waals surface area (Å²) in [4.78, 5) is 2.22. The van der Waals surface area contributed by atoms with Gasteiger partial charge in [0.05, 0.1) is 6.67 Å². The molecule has 23 heavy (non-hydrogen) atoms. The van der Waals surface area contributed by atoms with E-state index in [1.165, 1.54) is 22.5 Å². The SMILES string of the molecule is CCc1ccc(CN(C)Cn2nc(NC(C)(C)C)sc2=S)cc1. The molecule has 2 aromatic rings. The Bertz CT molecular complexity index is 680. The fraction of sp³-hybridized carbons (Fsp3) is 0.529. The molecule has 0 radical (unpaired) electrons. The van der Waals surface area contributed by atoms with Crippen LogP contribution in [-0.2, 0) is 19.6 Å². The fourth-order valence-electron chi connectivity index (χ4n) is 2.24. The predicted octanol–water partition coefficient (Wildman–Crippen LogP) is 4.54. The van der Waals surface area contributed by atoms with Gasteiger partial charge >= 0.3 is 0 Å². The molecule has 0 atom stereocenters. The third-order valence-electron chi connectivity index (χ3n) is 3.35. The maximum Gasteiger partial charge on any atom is 0.205 e. The highest BCUT2D eigenvalue weighted by Gasteiger charge is 2.13. The molecule has 0 saturated heterocycles. The lowest BCUT2D eigenvalue weighted by Crippen LogP contribution is -2.26. The largest absolute Gasteiger partial charge is 0.356 e. The first-order valence-corrected chi connectivity index (χ1v) is 9.12. The van der Waals surface area contributed by atoms with Crippen LogP contribution >= 0.6 is 23.6 Å². The van der Waals surface area contributed by atoms with Gasteiger partial charge in [0.25, 0.3) is 0 Å². The van der Waals surface area contributed by atoms with Gasteiger partial charge in [-0.1, -0.05) is 42.5 Å². The lowest BCUT2D eigenvalue weighted by Gasteiger charge is -2.19. The van der Waals surface area contributed by atoms with Crippen LogP contribution in [0.3, 0.4) is 0 Å². The molecule has 126 valence electrons. The minimum absolute atomic E-state index is 0.00954. The second kappa shape index (κ2) is 7.55. The maximum absolute atomic E-state index is 5.43. The summed E-state index contributed by atoms with van der Waals surface area (Å²) in [6.07, 6.45) is 1.08. The van der Waals surface area contributed by atoms with Gasteiger partial charge in [-0.2, -0.15) is 0 Å². The van der Waals surface area contributed by atoms with E-state index in [0.29, 0.717) is 6.67 Å². The van der Waals surface area contributed by atoms with Crippen molar-refractivity contribution < 1.29 is 0 Å². The van der Waals surface area contributed by atoms with E-state index in [-0.39, 0.29) is 5.54 Å². The van der Waals surface area contributed by atoms with Crippen molar-refractivity contribution in [1.82, 2.24) is 14.7 Å². The molecule has 1 N–H and O–H groups in total. The average Bonchev–Trinajstić information content (AvgIpc) is 2.77. The van der Waals surface area contributed by atoms with Crippen LogP contribution in [0, 0.1) is 3.95 Å². The molecule has 6 heteroatoms. The fourth-order valence-corrected chi connectivity index (χ4v) is 3.44. The molecular weight excluding hydrogens is 324 g/mol. The summed E-state index contributed by atoms with van der Waals surface area (Å²) in [5, 5.41) is 8.84. The van der Waals surface area contributed by atoms with Crippen molar-refractivity contribution in [2.24, 2.45) is 0 Å². The molecule has 0 aliphatic carbocycles. The smallest absolute Gasteiger partial charge is 0.205 e. The van der Waals surface area contributed by atoms with Gasteiger partial charge in [-0.15, -0.1) is 5.10 Å². The number of nitrogens with zero attached hydrogens (tertiary/aromatic N) is 3. The number of anilines is 1. The highest BCUT2D eigenvalue weighted by molar-refractivity contribution is 7.73. The third kappa shape index (κ3) is 5.71. The van der Waals surface area contributed by atoms with Gasteiger partial charge in [0, 0.05) is 12.1 Å². The topological polar surface area (TPSA) is 33.1 Å². The van der Waals surface area contributed by atoms with Crippen LogP contribution < -0.4 is 5.32 Å². The molecule has 0 fully saturated rings. The quantitative estimate of drug-likeness (QED) is 0.776. The van der Waals surface area contributed by atoms with E-state index in [4.69, 9.17) is 12.2 Å². The number of aryl methyl sites for hydroxylation is 1. The Balaban J connectivity index is 1.99. The van der Waals surface area contributed by atoms with Crippen molar-refractivity contribution in [2.75, 3.05) is 12.4 Å². The highest BCUT2D eigenvalue weighted by atomic mass is 32.1. The number of nitrogens with one attached hydrogen (secondary N) is 1. The first-order chi connectivity index (χ1) is 10.8. The van der Waals surface area contributed by atoms with E-state index in [1.807, 2.05) is 4.68 Å². The van der Waals surface area contributed by atoms with Gasteiger partial charge in [-0.3, -0.25) is 4.90 Å². The molecule has 0 amide bonds. The minimum atomic E-state index is -0.00954. The van der Waals surface area contributed by atoms with Crippen molar-refractivity contribution in [1.29, 1.82) is 0 Å². The first-order valence-electron chi connectivity index (χ1n) is 7.89. The van der Waals surface area contributed by atoms with Gasteiger partial charge < -0.3 is 5.32 Å². The summed E-state index contributed by atoms with van der Waals surface area (Å²) < 4.78 is 2.68. The molecule has 4 nitrogen and oxygen atoms in total. The third-order valence-corrected chi connectivity index (χ3v) is 4.57. The second-order valence-electron chi connectivity index (χ2n) is 6.87. The normalized spacial score (nSPS) is 11.9. The van der Waals surface area contributed by atoms with E-state index in [2.05, 4.69) is 74.3 Å². The van der Waals surface area contributed by atoms with Gasteiger partial charge in [0.2, 0.25) is 5.13 Å². The van der Waals surface area contributed by atoms with Crippen molar-refractivity contribution in [2.45, 2.75) is 52.9 Å². The van der Waals surface area contributed by atoms with Crippen LogP contribution in [0.4, 0.5) is 5.13 Å². The van der Waals surface area contributed by atoms with E-state index in [1.54, 1.807) is 0 Å². The summed E-state index contributed by atoms with van der Waals surface area (Å²) in [5.74, 6) is 0. The molecule has 1 aromatic heterocycles. The standard InChI is InChI=1S/C17H26N4S2/c1-6-13-7-9-14(10-8-13)11-20(5)12-21-16(22)23-15(19-21)18-17(2,3)4/h7-10H,6,11-12H2,1-5H3,(H,18,19). The maximum atomic E-state index is 5.43. The Labute approximate surface area is 148 Å². The van der Waals surface area contributed by atoms with Crippen LogP contribution in [0.25, 0.3) is 0 Å². The van der Waals surface area contributed by atoms with Crippen molar-refractivity contribution in [3.05, 3.63) is 39.3 Å². The van der Waals surface area contributed by atoms with Crippen LogP contribution in [0.1, 0.15) is 38.8 Å². The summed E-state index contributed by atoms with van der Waals surface area (Å²) in [7, 11) is 2.09. The zero-order valence-corrected chi connectivity index (χ0v) is 16.2. The average molecular weight is 351 g/mol. The van der Waals surface area contributed by atoms with Crippen LogP contribution in [0.5, 0.6) is 0 Å². The summed E-state index contributed by atoms with van der Waals surface area (Å²) in [6, 6.07) is 8.79. The summed E-state index contributed by atoms with van der Waals surface area (Å²) >= 11 is 6.95. The molecule has 0 spiro atoms. The van der Waals surface area contributed by atoms with Gasteiger partial charge in [-0.25, -0.2) is 4.68 Å². The Kier molecular flexibility index (Phi) is 5.95. The lowest BCUT2D eigenvalue weighted by atomic mass is 10.1. The van der Waals surface area contributed by atoms with Crippen molar-refractivity contribution in [3.63, 3.8) is 0 Å². The molecule has 1 heterocycles. The van der Waals surface area contributed by atoms with Crippen LogP contribution in [0.2, 0.25) is 0 Å². The summed E-state index contributed by atoms with van der Waals surface area (Å²) in [6.45, 7) is 10.1. The Morgan fingerprint density at radius 2 is 1.83 bits per heavy atom. The molecule has 0 aliphatic heterocycles. The van der Waals surface area contributed by atoms with Crippen LogP contribution in [0.15, 0.2) is 24.3 Å². The Morgan fingerprint density at radius 1 is 1.22 bits per heavy atom. The number of hydrogen-bond acceptors (Lipinski definition) is 5. The summed E-state index contributed by atoms with van der Waals surface area (Å²) in [5.41, 5.74) is 2.67. The zero-order valence-electron chi connectivity index (χ0n) is 14.6. The number of aromatic nitrogens is 2. The zero-order chi connectivity index (χ0) is 17.0. The van der Waals surface area contributed by atoms with Crippen LogP contribution in [-0.4, -0.2) is 27.3 Å². The first kappa shape index (κ1) is 18.1. The number of hydrogen-bond donors (Lipinski definition) is 1. The van der Waals surface area contributed by atoms with Crippen molar-refractivity contribution in [3.8, 4) is 0 Å². The number of benzene rings is 1. The molecule has 0 aliphatic rings. The van der Waals surface area contributed by atoms with Gasteiger partial charge in [-0.05, 0) is 57.6 Å². The second-order valence-corrected chi connectivity index (χ2v) is 8.50. The Hall–Kier alpha value is -1.24. The Morgan fingerprint density at radius 3 is 2.39 bits per heavy atom. The molecular formula is C17H26N4S2. The highest BCUT2D eigenvalue weighted by Crippen LogP contribution is 2.19. The van der Waals surface area contributed by atoms with E-state index >= 15 is 0 Å².